The predicted octanol–water partition coefficient (Wildman–Crippen LogP) is 0.183. The summed E-state index contributed by atoms with van der Waals surface area (Å²) in [7, 11) is 1.31. The Labute approximate surface area is 118 Å². The largest absolute Gasteiger partial charge is 0.491 e. The first kappa shape index (κ1) is 16.4. The van der Waals surface area contributed by atoms with Gasteiger partial charge in [0.25, 0.3) is 0 Å². The molecule has 1 aromatic rings. The van der Waals surface area contributed by atoms with Crippen molar-refractivity contribution in [2.24, 2.45) is 0 Å². The van der Waals surface area contributed by atoms with E-state index in [2.05, 4.69) is 10.1 Å². The Balaban J connectivity index is 2.39. The molecule has 0 saturated carbocycles. The lowest BCUT2D eigenvalue weighted by atomic mass is 10.2. The fourth-order valence-electron chi connectivity index (χ4n) is 1.54. The highest BCUT2D eigenvalue weighted by atomic mass is 16.5. The minimum Gasteiger partial charge on any atom is -0.491 e. The van der Waals surface area contributed by atoms with Gasteiger partial charge in [-0.3, -0.25) is 0 Å². The second-order valence-corrected chi connectivity index (χ2v) is 4.49. The van der Waals surface area contributed by atoms with Crippen molar-refractivity contribution in [3.63, 3.8) is 0 Å². The lowest BCUT2D eigenvalue weighted by Crippen LogP contribution is -2.35. The van der Waals surface area contributed by atoms with Gasteiger partial charge in [0.2, 0.25) is 0 Å². The van der Waals surface area contributed by atoms with E-state index in [0.29, 0.717) is 24.4 Å². The first-order valence-electron chi connectivity index (χ1n) is 6.41. The monoisotopic (exact) mass is 283 g/mol. The van der Waals surface area contributed by atoms with E-state index in [4.69, 9.17) is 9.84 Å². The standard InChI is InChI=1S/C14H21NO5/c1-10(16)7-15-8-12(17)9-20-13-5-3-4-11(6-13)14(18)19-2/h3-6,10,12,15-17H,7-9H2,1-2H3/t10-,12+/m1/s1. The number of carbonyl (C=O) groups is 1. The molecule has 0 aliphatic carbocycles. The Bertz CT molecular complexity index is 422. The van der Waals surface area contributed by atoms with Crippen LogP contribution in [0.3, 0.4) is 0 Å². The molecule has 20 heavy (non-hydrogen) atoms. The van der Waals surface area contributed by atoms with Crippen LogP contribution in [0, 0.1) is 0 Å². The maximum absolute atomic E-state index is 11.3. The summed E-state index contributed by atoms with van der Waals surface area (Å²) in [5, 5.41) is 21.7. The van der Waals surface area contributed by atoms with Crippen molar-refractivity contribution in [2.45, 2.75) is 19.1 Å². The SMILES string of the molecule is COC(=O)c1cccc(OC[C@@H](O)CNC[C@@H](C)O)c1. The van der Waals surface area contributed by atoms with Crippen LogP contribution in [0.5, 0.6) is 5.75 Å². The van der Waals surface area contributed by atoms with Gasteiger partial charge in [-0.15, -0.1) is 0 Å². The summed E-state index contributed by atoms with van der Waals surface area (Å²) >= 11 is 0. The summed E-state index contributed by atoms with van der Waals surface area (Å²) in [6.45, 7) is 2.49. The van der Waals surface area contributed by atoms with E-state index in [1.807, 2.05) is 0 Å². The van der Waals surface area contributed by atoms with Crippen LogP contribution in [0.2, 0.25) is 0 Å². The number of hydrogen-bond donors (Lipinski definition) is 3. The number of benzene rings is 1. The number of aliphatic hydroxyl groups excluding tert-OH is 2. The van der Waals surface area contributed by atoms with E-state index >= 15 is 0 Å². The number of nitrogens with one attached hydrogen (secondary N) is 1. The Morgan fingerprint density at radius 1 is 1.35 bits per heavy atom. The number of ether oxygens (including phenoxy) is 2. The first-order chi connectivity index (χ1) is 9.52. The van der Waals surface area contributed by atoms with Gasteiger partial charge in [-0.25, -0.2) is 4.79 Å². The van der Waals surface area contributed by atoms with Crippen molar-refractivity contribution >= 4 is 5.97 Å². The number of hydrogen-bond acceptors (Lipinski definition) is 6. The minimum atomic E-state index is -0.699. The van der Waals surface area contributed by atoms with Crippen molar-refractivity contribution in [3.8, 4) is 5.75 Å². The first-order valence-corrected chi connectivity index (χ1v) is 6.41. The van der Waals surface area contributed by atoms with Crippen LogP contribution in [-0.4, -0.2) is 55.2 Å². The molecular formula is C14H21NO5. The van der Waals surface area contributed by atoms with Crippen LogP contribution in [0.1, 0.15) is 17.3 Å². The van der Waals surface area contributed by atoms with Gasteiger partial charge >= 0.3 is 5.97 Å². The number of methoxy groups -OCH3 is 1. The van der Waals surface area contributed by atoms with Gasteiger partial charge in [-0.2, -0.15) is 0 Å². The number of esters is 1. The smallest absolute Gasteiger partial charge is 0.337 e. The normalized spacial score (nSPS) is 13.6. The van der Waals surface area contributed by atoms with Crippen LogP contribution in [0.25, 0.3) is 0 Å². The maximum atomic E-state index is 11.3. The zero-order valence-electron chi connectivity index (χ0n) is 11.7. The van der Waals surface area contributed by atoms with Crippen molar-refractivity contribution < 1.29 is 24.5 Å². The molecule has 0 spiro atoms. The molecule has 0 heterocycles. The molecule has 0 fully saturated rings. The molecule has 0 saturated heterocycles. The highest BCUT2D eigenvalue weighted by Gasteiger charge is 2.08. The van der Waals surface area contributed by atoms with Gasteiger partial charge in [0, 0.05) is 13.1 Å². The zero-order valence-corrected chi connectivity index (χ0v) is 11.7. The quantitative estimate of drug-likeness (QED) is 0.590. The third-order valence-corrected chi connectivity index (χ3v) is 2.52. The Morgan fingerprint density at radius 3 is 2.75 bits per heavy atom. The molecule has 6 nitrogen and oxygen atoms in total. The van der Waals surface area contributed by atoms with E-state index in [9.17, 15) is 9.90 Å². The zero-order chi connectivity index (χ0) is 15.0. The summed E-state index contributed by atoms with van der Waals surface area (Å²) in [4.78, 5) is 11.3. The summed E-state index contributed by atoms with van der Waals surface area (Å²) < 4.78 is 10.0. The molecule has 112 valence electrons. The van der Waals surface area contributed by atoms with Gasteiger partial charge in [0.05, 0.1) is 18.8 Å². The topological polar surface area (TPSA) is 88.0 Å². The summed E-state index contributed by atoms with van der Waals surface area (Å²) in [6, 6.07) is 6.56. The van der Waals surface area contributed by atoms with Crippen LogP contribution < -0.4 is 10.1 Å². The molecule has 3 N–H and O–H groups in total. The second kappa shape index (κ2) is 8.52. The maximum Gasteiger partial charge on any atom is 0.337 e. The average Bonchev–Trinajstić information content (AvgIpc) is 2.44. The Morgan fingerprint density at radius 2 is 2.10 bits per heavy atom. The molecule has 0 radical (unpaired) electrons. The lowest BCUT2D eigenvalue weighted by molar-refractivity contribution is 0.0600. The molecule has 1 rings (SSSR count). The summed E-state index contributed by atoms with van der Waals surface area (Å²) in [5.74, 6) is 0.0528. The van der Waals surface area contributed by atoms with Gasteiger partial charge in [-0.05, 0) is 25.1 Å². The third kappa shape index (κ3) is 6.01. The van der Waals surface area contributed by atoms with Crippen LogP contribution in [-0.2, 0) is 4.74 Å². The number of rotatable bonds is 8. The molecule has 0 aromatic heterocycles. The fourth-order valence-corrected chi connectivity index (χ4v) is 1.54. The fraction of sp³-hybridized carbons (Fsp3) is 0.500. The van der Waals surface area contributed by atoms with Gasteiger partial charge in [0.1, 0.15) is 18.5 Å². The van der Waals surface area contributed by atoms with Crippen LogP contribution >= 0.6 is 0 Å². The van der Waals surface area contributed by atoms with E-state index in [1.165, 1.54) is 7.11 Å². The molecule has 0 bridgehead atoms. The van der Waals surface area contributed by atoms with Crippen molar-refractivity contribution in [2.75, 3.05) is 26.8 Å². The third-order valence-electron chi connectivity index (χ3n) is 2.52. The van der Waals surface area contributed by atoms with Crippen molar-refractivity contribution in [1.82, 2.24) is 5.32 Å². The van der Waals surface area contributed by atoms with Gasteiger partial charge < -0.3 is 25.0 Å². The molecular weight excluding hydrogens is 262 g/mol. The molecule has 0 aliphatic rings. The van der Waals surface area contributed by atoms with E-state index < -0.39 is 18.2 Å². The van der Waals surface area contributed by atoms with Gasteiger partial charge in [0.15, 0.2) is 0 Å². The highest BCUT2D eigenvalue weighted by Crippen LogP contribution is 2.14. The van der Waals surface area contributed by atoms with Crippen LogP contribution in [0.4, 0.5) is 0 Å². The Hall–Kier alpha value is -1.63. The Kier molecular flexibility index (Phi) is 7.00. The molecule has 2 atom stereocenters. The molecule has 0 aliphatic heterocycles. The van der Waals surface area contributed by atoms with E-state index in [0.717, 1.165) is 0 Å². The van der Waals surface area contributed by atoms with E-state index in [-0.39, 0.29) is 6.61 Å². The lowest BCUT2D eigenvalue weighted by Gasteiger charge is -2.14. The molecule has 6 heteroatoms. The number of aliphatic hydroxyl groups is 2. The predicted molar refractivity (Wildman–Crippen MR) is 73.8 cm³/mol. The average molecular weight is 283 g/mol. The minimum absolute atomic E-state index is 0.0947. The van der Waals surface area contributed by atoms with Crippen molar-refractivity contribution in [3.05, 3.63) is 29.8 Å². The van der Waals surface area contributed by atoms with Crippen LogP contribution in [0.15, 0.2) is 24.3 Å². The van der Waals surface area contributed by atoms with Gasteiger partial charge in [-0.1, -0.05) is 6.07 Å². The second-order valence-electron chi connectivity index (χ2n) is 4.49. The molecule has 1 aromatic carbocycles. The summed E-state index contributed by atoms with van der Waals surface area (Å²) in [6.07, 6.45) is -1.16. The number of carbonyl (C=O) groups excluding carboxylic acids is 1. The highest BCUT2D eigenvalue weighted by molar-refractivity contribution is 5.89. The van der Waals surface area contributed by atoms with E-state index in [1.54, 1.807) is 31.2 Å². The molecule has 0 amide bonds. The molecule has 0 unspecified atom stereocenters. The van der Waals surface area contributed by atoms with Crippen molar-refractivity contribution in [1.29, 1.82) is 0 Å². The summed E-state index contributed by atoms with van der Waals surface area (Å²) in [5.41, 5.74) is 0.395.